The monoisotopic (exact) mass is 280 g/mol. The maximum absolute atomic E-state index is 12.1. The summed E-state index contributed by atoms with van der Waals surface area (Å²) >= 11 is 6.28. The van der Waals surface area contributed by atoms with Gasteiger partial charge in [-0.25, -0.2) is 4.98 Å². The molecule has 0 aliphatic carbocycles. The third-order valence-corrected chi connectivity index (χ3v) is 3.91. The molecule has 6 heteroatoms. The number of carbonyl (C=O) groups is 1. The summed E-state index contributed by atoms with van der Waals surface area (Å²) in [5.74, 6) is 0.816. The Kier molecular flexibility index (Phi) is 3.57. The highest BCUT2D eigenvalue weighted by Gasteiger charge is 2.23. The Morgan fingerprint density at radius 3 is 2.58 bits per heavy atom. The number of piperazine rings is 1. The average molecular weight is 281 g/mol. The number of nitrogens with one attached hydrogen (secondary N) is 1. The molecule has 2 fully saturated rings. The maximum atomic E-state index is 12.1. The first-order valence-corrected chi connectivity index (χ1v) is 7.04. The molecule has 0 bridgehead atoms. The van der Waals surface area contributed by atoms with Crippen LogP contribution < -0.4 is 10.2 Å². The first-order chi connectivity index (χ1) is 9.25. The SMILES string of the molecule is O=C(c1cnc(N2CCNCC2)c(Cl)c1)N1CCC1. The molecule has 3 rings (SSSR count). The number of hydrogen-bond donors (Lipinski definition) is 1. The topological polar surface area (TPSA) is 48.5 Å². The Balaban J connectivity index is 1.78. The van der Waals surface area contributed by atoms with Crippen molar-refractivity contribution in [3.8, 4) is 0 Å². The summed E-state index contributed by atoms with van der Waals surface area (Å²) in [5.41, 5.74) is 0.587. The van der Waals surface area contributed by atoms with Crippen LogP contribution in [-0.2, 0) is 0 Å². The standard InChI is InChI=1S/C13H17ClN4O/c14-11-8-10(13(19)18-4-1-5-18)9-16-12(11)17-6-2-15-3-7-17/h8-9,15H,1-7H2. The second kappa shape index (κ2) is 5.35. The molecule has 1 aromatic rings. The normalized spacial score (nSPS) is 19.2. The lowest BCUT2D eigenvalue weighted by Crippen LogP contribution is -2.44. The average Bonchev–Trinajstić information content (AvgIpc) is 2.37. The van der Waals surface area contributed by atoms with Crippen molar-refractivity contribution in [3.05, 3.63) is 22.8 Å². The van der Waals surface area contributed by atoms with E-state index in [0.29, 0.717) is 10.6 Å². The minimum absolute atomic E-state index is 0.0347. The number of rotatable bonds is 2. The smallest absolute Gasteiger partial charge is 0.255 e. The van der Waals surface area contributed by atoms with Gasteiger partial charge in [0.1, 0.15) is 5.82 Å². The molecular formula is C13H17ClN4O. The van der Waals surface area contributed by atoms with Gasteiger partial charge in [-0.05, 0) is 12.5 Å². The highest BCUT2D eigenvalue weighted by molar-refractivity contribution is 6.33. The van der Waals surface area contributed by atoms with E-state index in [1.807, 2.05) is 4.90 Å². The first kappa shape index (κ1) is 12.7. The van der Waals surface area contributed by atoms with Gasteiger partial charge in [0.15, 0.2) is 0 Å². The van der Waals surface area contributed by atoms with Gasteiger partial charge in [-0.2, -0.15) is 0 Å². The zero-order valence-electron chi connectivity index (χ0n) is 10.7. The van der Waals surface area contributed by atoms with Gasteiger partial charge in [0.05, 0.1) is 10.6 Å². The van der Waals surface area contributed by atoms with Crippen LogP contribution in [0.2, 0.25) is 5.02 Å². The molecule has 0 radical (unpaired) electrons. The van der Waals surface area contributed by atoms with E-state index in [9.17, 15) is 4.79 Å². The van der Waals surface area contributed by atoms with Gasteiger partial charge in [0.25, 0.3) is 5.91 Å². The lowest BCUT2D eigenvalue weighted by molar-refractivity contribution is 0.0651. The molecule has 1 aromatic heterocycles. The molecule has 0 unspecified atom stereocenters. The quantitative estimate of drug-likeness (QED) is 0.878. The number of aromatic nitrogens is 1. The molecule has 3 heterocycles. The zero-order valence-corrected chi connectivity index (χ0v) is 11.5. The highest BCUT2D eigenvalue weighted by atomic mass is 35.5. The van der Waals surface area contributed by atoms with Gasteiger partial charge in [-0.15, -0.1) is 0 Å². The van der Waals surface area contributed by atoms with Gasteiger partial charge < -0.3 is 15.1 Å². The molecule has 0 aromatic carbocycles. The van der Waals surface area contributed by atoms with Crippen molar-refractivity contribution in [1.82, 2.24) is 15.2 Å². The van der Waals surface area contributed by atoms with Crippen molar-refractivity contribution in [2.45, 2.75) is 6.42 Å². The van der Waals surface area contributed by atoms with E-state index in [2.05, 4.69) is 15.2 Å². The second-order valence-corrected chi connectivity index (χ2v) is 5.32. The Bertz CT molecular complexity index is 484. The van der Waals surface area contributed by atoms with Crippen LogP contribution in [0.5, 0.6) is 0 Å². The van der Waals surface area contributed by atoms with E-state index in [-0.39, 0.29) is 5.91 Å². The van der Waals surface area contributed by atoms with E-state index >= 15 is 0 Å². The van der Waals surface area contributed by atoms with Crippen LogP contribution >= 0.6 is 11.6 Å². The minimum atomic E-state index is 0.0347. The number of pyridine rings is 1. The fourth-order valence-electron chi connectivity index (χ4n) is 2.36. The van der Waals surface area contributed by atoms with E-state index in [4.69, 9.17) is 11.6 Å². The van der Waals surface area contributed by atoms with Gasteiger partial charge in [-0.1, -0.05) is 11.6 Å². The van der Waals surface area contributed by atoms with Crippen molar-refractivity contribution in [1.29, 1.82) is 0 Å². The van der Waals surface area contributed by atoms with Crippen molar-refractivity contribution in [2.75, 3.05) is 44.2 Å². The fourth-order valence-corrected chi connectivity index (χ4v) is 2.64. The molecular weight excluding hydrogens is 264 g/mol. The Labute approximate surface area is 117 Å². The fraction of sp³-hybridized carbons (Fsp3) is 0.538. The Hall–Kier alpha value is -1.33. The van der Waals surface area contributed by atoms with Crippen LogP contribution in [0.4, 0.5) is 5.82 Å². The molecule has 0 spiro atoms. The van der Waals surface area contributed by atoms with Gasteiger partial charge in [0, 0.05) is 45.5 Å². The molecule has 1 N–H and O–H groups in total. The summed E-state index contributed by atoms with van der Waals surface area (Å²) in [6, 6.07) is 1.74. The number of halogens is 1. The summed E-state index contributed by atoms with van der Waals surface area (Å²) in [6.45, 7) is 5.35. The summed E-state index contributed by atoms with van der Waals surface area (Å²) in [6.07, 6.45) is 2.73. The van der Waals surface area contributed by atoms with Gasteiger partial charge in [-0.3, -0.25) is 4.79 Å². The lowest BCUT2D eigenvalue weighted by Gasteiger charge is -2.31. The molecule has 2 aliphatic heterocycles. The highest BCUT2D eigenvalue weighted by Crippen LogP contribution is 2.25. The van der Waals surface area contributed by atoms with Crippen molar-refractivity contribution in [3.63, 3.8) is 0 Å². The van der Waals surface area contributed by atoms with Gasteiger partial charge in [0.2, 0.25) is 0 Å². The van der Waals surface area contributed by atoms with Crippen LogP contribution in [0.25, 0.3) is 0 Å². The Morgan fingerprint density at radius 1 is 1.26 bits per heavy atom. The number of likely N-dealkylation sites (tertiary alicyclic amines) is 1. The van der Waals surface area contributed by atoms with E-state index in [1.165, 1.54) is 0 Å². The lowest BCUT2D eigenvalue weighted by atomic mass is 10.1. The maximum Gasteiger partial charge on any atom is 0.255 e. The zero-order chi connectivity index (χ0) is 13.2. The summed E-state index contributed by atoms with van der Waals surface area (Å²) in [7, 11) is 0. The van der Waals surface area contributed by atoms with E-state index in [0.717, 1.165) is 51.5 Å². The third kappa shape index (κ3) is 2.53. The number of amides is 1. The number of carbonyl (C=O) groups excluding carboxylic acids is 1. The van der Waals surface area contributed by atoms with E-state index in [1.54, 1.807) is 12.3 Å². The van der Waals surface area contributed by atoms with Crippen molar-refractivity contribution in [2.24, 2.45) is 0 Å². The molecule has 2 saturated heterocycles. The van der Waals surface area contributed by atoms with Crippen LogP contribution in [0.15, 0.2) is 12.3 Å². The molecule has 1 amide bonds. The third-order valence-electron chi connectivity index (χ3n) is 3.63. The molecule has 102 valence electrons. The van der Waals surface area contributed by atoms with Crippen LogP contribution in [0.3, 0.4) is 0 Å². The summed E-state index contributed by atoms with van der Waals surface area (Å²) in [5, 5.41) is 3.85. The number of hydrogen-bond acceptors (Lipinski definition) is 4. The molecule has 2 aliphatic rings. The van der Waals surface area contributed by atoms with Crippen molar-refractivity contribution < 1.29 is 4.79 Å². The summed E-state index contributed by atoms with van der Waals surface area (Å²) in [4.78, 5) is 20.4. The van der Waals surface area contributed by atoms with Crippen LogP contribution in [0.1, 0.15) is 16.8 Å². The predicted molar refractivity (Wildman–Crippen MR) is 74.9 cm³/mol. The number of anilines is 1. The first-order valence-electron chi connectivity index (χ1n) is 6.66. The second-order valence-electron chi connectivity index (χ2n) is 4.91. The molecule has 5 nitrogen and oxygen atoms in total. The molecule has 19 heavy (non-hydrogen) atoms. The Morgan fingerprint density at radius 2 is 2.00 bits per heavy atom. The summed E-state index contributed by atoms with van der Waals surface area (Å²) < 4.78 is 0. The van der Waals surface area contributed by atoms with Crippen LogP contribution in [0, 0.1) is 0 Å². The van der Waals surface area contributed by atoms with Crippen molar-refractivity contribution >= 4 is 23.3 Å². The predicted octanol–water partition coefficient (Wildman–Crippen LogP) is 0.991. The molecule has 0 atom stereocenters. The minimum Gasteiger partial charge on any atom is -0.353 e. The van der Waals surface area contributed by atoms with Gasteiger partial charge >= 0.3 is 0 Å². The largest absolute Gasteiger partial charge is 0.353 e. The van der Waals surface area contributed by atoms with Crippen LogP contribution in [-0.4, -0.2) is 55.1 Å². The number of nitrogens with zero attached hydrogens (tertiary/aromatic N) is 3. The molecule has 0 saturated carbocycles. The van der Waals surface area contributed by atoms with E-state index < -0.39 is 0 Å².